The maximum absolute atomic E-state index is 6.29. The summed E-state index contributed by atoms with van der Waals surface area (Å²) in [4.78, 5) is 2.66. The Morgan fingerprint density at radius 3 is 2.61 bits per heavy atom. The summed E-state index contributed by atoms with van der Waals surface area (Å²) in [5.74, 6) is 0. The highest BCUT2D eigenvalue weighted by molar-refractivity contribution is 7.80. The Balaban J connectivity index is 2.12. The lowest BCUT2D eigenvalue weighted by Crippen LogP contribution is -2.36. The Morgan fingerprint density at radius 1 is 1.44 bits per heavy atom. The quantitative estimate of drug-likeness (QED) is 0.866. The molecule has 0 aliphatic carbocycles. The fourth-order valence-electron chi connectivity index (χ4n) is 2.25. The van der Waals surface area contributed by atoms with Crippen molar-refractivity contribution >= 4 is 34.5 Å². The summed E-state index contributed by atoms with van der Waals surface area (Å²) in [6.07, 6.45) is 2.43. The van der Waals surface area contributed by atoms with Crippen molar-refractivity contribution in [3.63, 3.8) is 0 Å². The third kappa shape index (κ3) is 2.94. The van der Waals surface area contributed by atoms with E-state index in [0.717, 1.165) is 37.2 Å². The average Bonchev–Trinajstić information content (AvgIpc) is 2.38. The lowest BCUT2D eigenvalue weighted by molar-refractivity contribution is 0.0819. The zero-order valence-electron chi connectivity index (χ0n) is 10.4. The maximum atomic E-state index is 6.29. The Bertz CT molecular complexity index is 445. The summed E-state index contributed by atoms with van der Waals surface area (Å²) in [6.45, 7) is 1.93. The summed E-state index contributed by atoms with van der Waals surface area (Å²) >= 11 is 11.2. The van der Waals surface area contributed by atoms with Gasteiger partial charge < -0.3 is 15.4 Å². The smallest absolute Gasteiger partial charge is 0.104 e. The third-order valence-corrected chi connectivity index (χ3v) is 3.89. The molecule has 0 aromatic heterocycles. The highest BCUT2D eigenvalue weighted by Gasteiger charge is 2.20. The van der Waals surface area contributed by atoms with Gasteiger partial charge in [-0.3, -0.25) is 0 Å². The monoisotopic (exact) mass is 284 g/mol. The SMILES string of the molecule is COC1CCN(c2ccc(C(N)=S)cc2Cl)CC1. The van der Waals surface area contributed by atoms with Crippen molar-refractivity contribution in [1.29, 1.82) is 0 Å². The van der Waals surface area contributed by atoms with Crippen LogP contribution in [0.3, 0.4) is 0 Å². The molecule has 2 rings (SSSR count). The summed E-state index contributed by atoms with van der Waals surface area (Å²) in [5, 5.41) is 0.705. The van der Waals surface area contributed by atoms with E-state index in [1.165, 1.54) is 0 Å². The van der Waals surface area contributed by atoms with Crippen LogP contribution in [-0.4, -0.2) is 31.3 Å². The van der Waals surface area contributed by atoms with E-state index < -0.39 is 0 Å². The standard InChI is InChI=1S/C13H17ClN2OS/c1-17-10-4-6-16(7-5-10)12-3-2-9(13(15)18)8-11(12)14/h2-3,8,10H,4-7H2,1H3,(H2,15,18). The van der Waals surface area contributed by atoms with E-state index in [1.807, 2.05) is 18.2 Å². The molecule has 3 nitrogen and oxygen atoms in total. The van der Waals surface area contributed by atoms with Crippen LogP contribution in [0.1, 0.15) is 18.4 Å². The van der Waals surface area contributed by atoms with E-state index in [0.29, 0.717) is 16.1 Å². The fraction of sp³-hybridized carbons (Fsp3) is 0.462. The van der Waals surface area contributed by atoms with Gasteiger partial charge in [0, 0.05) is 25.8 Å². The van der Waals surface area contributed by atoms with E-state index in [4.69, 9.17) is 34.3 Å². The van der Waals surface area contributed by atoms with Crippen LogP contribution >= 0.6 is 23.8 Å². The maximum Gasteiger partial charge on any atom is 0.104 e. The van der Waals surface area contributed by atoms with E-state index in [1.54, 1.807) is 7.11 Å². The van der Waals surface area contributed by atoms with Gasteiger partial charge in [0.05, 0.1) is 16.8 Å². The number of thiocarbonyl (C=S) groups is 1. The third-order valence-electron chi connectivity index (χ3n) is 3.35. The zero-order valence-corrected chi connectivity index (χ0v) is 11.9. The molecule has 1 heterocycles. The number of rotatable bonds is 3. The molecule has 0 saturated carbocycles. The van der Waals surface area contributed by atoms with Crippen molar-refractivity contribution in [1.82, 2.24) is 0 Å². The molecule has 0 atom stereocenters. The van der Waals surface area contributed by atoms with Crippen LogP contribution in [0, 0.1) is 0 Å². The van der Waals surface area contributed by atoms with Crippen molar-refractivity contribution in [2.45, 2.75) is 18.9 Å². The summed E-state index contributed by atoms with van der Waals surface area (Å²) in [5.41, 5.74) is 7.45. The minimum Gasteiger partial charge on any atom is -0.389 e. The van der Waals surface area contributed by atoms with E-state index >= 15 is 0 Å². The molecule has 0 amide bonds. The lowest BCUT2D eigenvalue weighted by Gasteiger charge is -2.33. The summed E-state index contributed by atoms with van der Waals surface area (Å²) in [7, 11) is 1.77. The van der Waals surface area contributed by atoms with E-state index in [-0.39, 0.29) is 0 Å². The number of halogens is 1. The summed E-state index contributed by atoms with van der Waals surface area (Å²) < 4.78 is 5.36. The first-order chi connectivity index (χ1) is 8.61. The molecule has 2 N–H and O–H groups in total. The number of benzene rings is 1. The second-order valence-corrected chi connectivity index (χ2v) is 5.30. The number of hydrogen-bond acceptors (Lipinski definition) is 3. The topological polar surface area (TPSA) is 38.5 Å². The fourth-order valence-corrected chi connectivity index (χ4v) is 2.68. The van der Waals surface area contributed by atoms with Crippen LogP contribution in [0.5, 0.6) is 0 Å². The van der Waals surface area contributed by atoms with Gasteiger partial charge in [-0.25, -0.2) is 0 Å². The van der Waals surface area contributed by atoms with Crippen molar-refractivity contribution in [3.05, 3.63) is 28.8 Å². The summed E-state index contributed by atoms with van der Waals surface area (Å²) in [6, 6.07) is 5.75. The van der Waals surface area contributed by atoms with Gasteiger partial charge in [-0.2, -0.15) is 0 Å². The highest BCUT2D eigenvalue weighted by atomic mass is 35.5. The molecule has 0 radical (unpaired) electrons. The Morgan fingerprint density at radius 2 is 2.11 bits per heavy atom. The van der Waals surface area contributed by atoms with Gasteiger partial charge in [0.15, 0.2) is 0 Å². The second-order valence-electron chi connectivity index (χ2n) is 4.45. The first-order valence-electron chi connectivity index (χ1n) is 5.99. The molecule has 98 valence electrons. The molecule has 1 aliphatic heterocycles. The highest BCUT2D eigenvalue weighted by Crippen LogP contribution is 2.29. The Kier molecular flexibility index (Phi) is 4.43. The molecular formula is C13H17ClN2OS. The number of methoxy groups -OCH3 is 1. The molecular weight excluding hydrogens is 268 g/mol. The number of hydrogen-bond donors (Lipinski definition) is 1. The number of piperidine rings is 1. The van der Waals surface area contributed by atoms with Crippen molar-refractivity contribution < 1.29 is 4.74 Å². The predicted octanol–water partition coefficient (Wildman–Crippen LogP) is 2.59. The van der Waals surface area contributed by atoms with Crippen LogP contribution < -0.4 is 10.6 Å². The van der Waals surface area contributed by atoms with Gasteiger partial charge in [-0.05, 0) is 31.0 Å². The van der Waals surface area contributed by atoms with Crippen LogP contribution in [0.2, 0.25) is 5.02 Å². The molecule has 0 unspecified atom stereocenters. The van der Waals surface area contributed by atoms with Crippen molar-refractivity contribution in [2.24, 2.45) is 5.73 Å². The minimum atomic E-state index is 0.371. The van der Waals surface area contributed by atoms with Gasteiger partial charge in [-0.15, -0.1) is 0 Å². The van der Waals surface area contributed by atoms with Crippen LogP contribution in [-0.2, 0) is 4.74 Å². The average molecular weight is 285 g/mol. The number of ether oxygens (including phenoxy) is 1. The normalized spacial score (nSPS) is 16.9. The molecule has 5 heteroatoms. The van der Waals surface area contributed by atoms with E-state index in [9.17, 15) is 0 Å². The first kappa shape index (κ1) is 13.6. The predicted molar refractivity (Wildman–Crippen MR) is 79.6 cm³/mol. The van der Waals surface area contributed by atoms with Gasteiger partial charge in [-0.1, -0.05) is 23.8 Å². The van der Waals surface area contributed by atoms with Crippen LogP contribution in [0.25, 0.3) is 0 Å². The van der Waals surface area contributed by atoms with Crippen LogP contribution in [0.4, 0.5) is 5.69 Å². The largest absolute Gasteiger partial charge is 0.389 e. The van der Waals surface area contributed by atoms with Gasteiger partial charge in [0.2, 0.25) is 0 Å². The Hall–Kier alpha value is -0.840. The second kappa shape index (κ2) is 5.87. The number of nitrogens with two attached hydrogens (primary N) is 1. The number of anilines is 1. The van der Waals surface area contributed by atoms with Gasteiger partial charge in [0.1, 0.15) is 4.99 Å². The number of nitrogens with zero attached hydrogens (tertiary/aromatic N) is 1. The van der Waals surface area contributed by atoms with E-state index in [2.05, 4.69) is 4.90 Å². The lowest BCUT2D eigenvalue weighted by atomic mass is 10.1. The zero-order chi connectivity index (χ0) is 13.1. The molecule has 18 heavy (non-hydrogen) atoms. The van der Waals surface area contributed by atoms with Crippen molar-refractivity contribution in [3.8, 4) is 0 Å². The van der Waals surface area contributed by atoms with Gasteiger partial charge in [0.25, 0.3) is 0 Å². The van der Waals surface area contributed by atoms with Gasteiger partial charge >= 0.3 is 0 Å². The molecule has 0 spiro atoms. The molecule has 0 bridgehead atoms. The first-order valence-corrected chi connectivity index (χ1v) is 6.77. The molecule has 1 aromatic rings. The Labute approximate surface area is 118 Å². The van der Waals surface area contributed by atoms with Crippen LogP contribution in [0.15, 0.2) is 18.2 Å². The van der Waals surface area contributed by atoms with Crippen molar-refractivity contribution in [2.75, 3.05) is 25.1 Å². The minimum absolute atomic E-state index is 0.371. The molecule has 1 aliphatic rings. The molecule has 1 saturated heterocycles. The molecule has 1 aromatic carbocycles. The molecule has 1 fully saturated rings.